The fraction of sp³-hybridized carbons (Fsp3) is 0.368. The van der Waals surface area contributed by atoms with E-state index < -0.39 is 0 Å². The molecule has 4 aromatic rings. The van der Waals surface area contributed by atoms with Crippen molar-refractivity contribution in [1.29, 1.82) is 0 Å². The summed E-state index contributed by atoms with van der Waals surface area (Å²) in [5.74, 6) is 3.13. The highest BCUT2D eigenvalue weighted by Crippen LogP contribution is 2.33. The van der Waals surface area contributed by atoms with E-state index in [4.69, 9.17) is 9.47 Å². The van der Waals surface area contributed by atoms with Crippen LogP contribution in [0.4, 0.5) is 0 Å². The minimum absolute atomic E-state index is 0.573. The summed E-state index contributed by atoms with van der Waals surface area (Å²) < 4.78 is 12.3. The lowest BCUT2D eigenvalue weighted by Crippen LogP contribution is -2.00. The highest BCUT2D eigenvalue weighted by Gasteiger charge is 2.13. The number of hydrogen-bond donors (Lipinski definition) is 0. The molecule has 41 heavy (non-hydrogen) atoms. The molecule has 0 saturated carbocycles. The molecular weight excluding hydrogens is 568 g/mol. The maximum absolute atomic E-state index is 5.58. The molecule has 0 radical (unpaired) electrons. The van der Waals surface area contributed by atoms with Gasteiger partial charge in [-0.3, -0.25) is 0 Å². The minimum Gasteiger partial charge on any atom is -0.496 e. The highest BCUT2D eigenvalue weighted by molar-refractivity contribution is 9.10. The van der Waals surface area contributed by atoms with Crippen molar-refractivity contribution < 1.29 is 9.47 Å². The molecule has 4 rings (SSSR count). The minimum atomic E-state index is 0.573. The van der Waals surface area contributed by atoms with Gasteiger partial charge in [-0.1, -0.05) is 98.2 Å². The molecule has 0 spiro atoms. The summed E-state index contributed by atoms with van der Waals surface area (Å²) in [6.45, 7) is 17.4. The van der Waals surface area contributed by atoms with Crippen LogP contribution in [0.3, 0.4) is 0 Å². The van der Waals surface area contributed by atoms with Crippen LogP contribution < -0.4 is 9.47 Å². The Morgan fingerprint density at radius 1 is 0.585 bits per heavy atom. The third kappa shape index (κ3) is 8.49. The Kier molecular flexibility index (Phi) is 11.7. The third-order valence-electron chi connectivity index (χ3n) is 7.84. The predicted octanol–water partition coefficient (Wildman–Crippen LogP) is 10.8. The van der Waals surface area contributed by atoms with Gasteiger partial charge in [0.1, 0.15) is 11.5 Å². The van der Waals surface area contributed by atoms with Gasteiger partial charge in [-0.2, -0.15) is 0 Å². The lowest BCUT2D eigenvalue weighted by Gasteiger charge is -2.16. The van der Waals surface area contributed by atoms with Crippen molar-refractivity contribution in [3.63, 3.8) is 0 Å². The summed E-state index contributed by atoms with van der Waals surface area (Å²) in [5, 5.41) is 0. The van der Waals surface area contributed by atoms with Gasteiger partial charge in [-0.05, 0) is 96.2 Å². The van der Waals surface area contributed by atoms with E-state index in [-0.39, 0.29) is 0 Å². The maximum Gasteiger partial charge on any atom is 0.122 e. The average molecular weight is 616 g/mol. The summed E-state index contributed by atoms with van der Waals surface area (Å²) >= 11 is 3.68. The molecule has 0 aliphatic carbocycles. The Bertz CT molecular complexity index is 1430. The molecule has 0 amide bonds. The quantitative estimate of drug-likeness (QED) is 0.196. The zero-order valence-electron chi connectivity index (χ0n) is 26.6. The second-order valence-corrected chi connectivity index (χ2v) is 12.5. The second-order valence-electron chi connectivity index (χ2n) is 11.7. The predicted molar refractivity (Wildman–Crippen MR) is 179 cm³/mol. The first-order chi connectivity index (χ1) is 19.4. The van der Waals surface area contributed by atoms with E-state index >= 15 is 0 Å². The van der Waals surface area contributed by atoms with E-state index in [1.807, 2.05) is 0 Å². The van der Waals surface area contributed by atoms with Crippen molar-refractivity contribution in [2.24, 2.45) is 0 Å². The Hall–Kier alpha value is -3.04. The van der Waals surface area contributed by atoms with Crippen LogP contribution >= 0.6 is 15.9 Å². The molecule has 0 aliphatic heterocycles. The largest absolute Gasteiger partial charge is 0.496 e. The SMILES string of the molecule is COc1cc(C)c(Br)c(C)c1Cc1ccc(C(C)C)cc1.COc1cc(C)cc(C)c1Cc1ccc(C(C)C)cc1. The van der Waals surface area contributed by atoms with Gasteiger partial charge in [-0.15, -0.1) is 0 Å². The molecule has 0 aromatic heterocycles. The van der Waals surface area contributed by atoms with Gasteiger partial charge in [0.05, 0.1) is 14.2 Å². The molecule has 0 atom stereocenters. The number of aryl methyl sites for hydroxylation is 3. The zero-order valence-corrected chi connectivity index (χ0v) is 28.2. The molecule has 0 saturated heterocycles. The van der Waals surface area contributed by atoms with Crippen LogP contribution in [0.15, 0.2) is 71.2 Å². The topological polar surface area (TPSA) is 18.5 Å². The average Bonchev–Trinajstić information content (AvgIpc) is 2.95. The van der Waals surface area contributed by atoms with Crippen LogP contribution in [-0.2, 0) is 12.8 Å². The van der Waals surface area contributed by atoms with Gasteiger partial charge < -0.3 is 9.47 Å². The monoisotopic (exact) mass is 614 g/mol. The number of halogens is 1. The first-order valence-corrected chi connectivity index (χ1v) is 15.4. The molecule has 0 unspecified atom stereocenters. The standard InChI is InChI=1S/C19H23BrO.C19H24O/c1-12(2)16-8-6-15(7-9-16)11-17-14(4)19(20)13(3)10-18(17)21-5;1-13(2)17-8-6-16(7-9-17)12-18-15(4)10-14(3)11-19(18)20-5/h6-10,12H,11H2,1-5H3;6-11,13H,12H2,1-5H3. The van der Waals surface area contributed by atoms with E-state index in [0.717, 1.165) is 24.3 Å². The maximum atomic E-state index is 5.58. The van der Waals surface area contributed by atoms with Crippen molar-refractivity contribution in [1.82, 2.24) is 0 Å². The molecular formula is C38H47BrO2. The number of methoxy groups -OCH3 is 2. The van der Waals surface area contributed by atoms with E-state index in [9.17, 15) is 0 Å². The fourth-order valence-electron chi connectivity index (χ4n) is 5.18. The highest BCUT2D eigenvalue weighted by atomic mass is 79.9. The van der Waals surface area contributed by atoms with Gasteiger partial charge in [0.2, 0.25) is 0 Å². The smallest absolute Gasteiger partial charge is 0.122 e. The van der Waals surface area contributed by atoms with E-state index in [0.29, 0.717) is 11.8 Å². The molecule has 0 N–H and O–H groups in total. The second kappa shape index (κ2) is 14.7. The zero-order chi connectivity index (χ0) is 30.3. The number of ether oxygens (including phenoxy) is 2. The van der Waals surface area contributed by atoms with Crippen LogP contribution in [0, 0.1) is 27.7 Å². The summed E-state index contributed by atoms with van der Waals surface area (Å²) in [6, 6.07) is 24.3. The molecule has 218 valence electrons. The molecule has 0 aliphatic rings. The van der Waals surface area contributed by atoms with Crippen molar-refractivity contribution in [3.05, 3.63) is 127 Å². The molecule has 0 heterocycles. The number of hydrogen-bond acceptors (Lipinski definition) is 2. The first-order valence-electron chi connectivity index (χ1n) is 14.6. The Balaban J connectivity index is 0.000000226. The van der Waals surface area contributed by atoms with Gasteiger partial charge >= 0.3 is 0 Å². The van der Waals surface area contributed by atoms with Gasteiger partial charge in [0, 0.05) is 28.4 Å². The van der Waals surface area contributed by atoms with Crippen molar-refractivity contribution in [3.8, 4) is 11.5 Å². The molecule has 2 nitrogen and oxygen atoms in total. The number of benzene rings is 4. The number of rotatable bonds is 8. The Morgan fingerprint density at radius 3 is 1.46 bits per heavy atom. The summed E-state index contributed by atoms with van der Waals surface area (Å²) in [7, 11) is 3.49. The van der Waals surface area contributed by atoms with E-state index in [1.54, 1.807) is 14.2 Å². The molecule has 3 heteroatoms. The fourth-order valence-corrected chi connectivity index (χ4v) is 5.53. The van der Waals surface area contributed by atoms with Crippen molar-refractivity contribution in [2.75, 3.05) is 14.2 Å². The van der Waals surface area contributed by atoms with E-state index in [1.165, 1.54) is 60.1 Å². The van der Waals surface area contributed by atoms with Crippen LogP contribution in [0.25, 0.3) is 0 Å². The Labute approximate surface area is 257 Å². The first kappa shape index (κ1) is 32.5. The summed E-state index contributed by atoms with van der Waals surface area (Å²) in [6.07, 6.45) is 1.82. The van der Waals surface area contributed by atoms with Gasteiger partial charge in [0.15, 0.2) is 0 Å². The molecule has 0 fully saturated rings. The summed E-state index contributed by atoms with van der Waals surface area (Å²) in [4.78, 5) is 0. The van der Waals surface area contributed by atoms with Crippen LogP contribution in [-0.4, -0.2) is 14.2 Å². The van der Waals surface area contributed by atoms with Gasteiger partial charge in [0.25, 0.3) is 0 Å². The normalized spacial score (nSPS) is 11.0. The lowest BCUT2D eigenvalue weighted by atomic mass is 9.95. The summed E-state index contributed by atoms with van der Waals surface area (Å²) in [5.41, 5.74) is 13.0. The Morgan fingerprint density at radius 2 is 1.02 bits per heavy atom. The van der Waals surface area contributed by atoms with Crippen molar-refractivity contribution in [2.45, 2.75) is 80.1 Å². The van der Waals surface area contributed by atoms with Crippen LogP contribution in [0.2, 0.25) is 0 Å². The van der Waals surface area contributed by atoms with Gasteiger partial charge in [-0.25, -0.2) is 0 Å². The molecule has 0 bridgehead atoms. The lowest BCUT2D eigenvalue weighted by molar-refractivity contribution is 0.409. The van der Waals surface area contributed by atoms with Crippen LogP contribution in [0.5, 0.6) is 11.5 Å². The third-order valence-corrected chi connectivity index (χ3v) is 9.06. The molecule has 4 aromatic carbocycles. The van der Waals surface area contributed by atoms with Crippen LogP contribution in [0.1, 0.15) is 95.2 Å². The van der Waals surface area contributed by atoms with E-state index in [2.05, 4.69) is 138 Å². The van der Waals surface area contributed by atoms with Crippen molar-refractivity contribution >= 4 is 15.9 Å².